The Morgan fingerprint density at radius 1 is 0.939 bits per heavy atom. The predicted molar refractivity (Wildman–Crippen MR) is 146 cm³/mol. The fourth-order valence-corrected chi connectivity index (χ4v) is 45.2. The summed E-state index contributed by atoms with van der Waals surface area (Å²) in [5.74, 6) is 0.468. The maximum Gasteiger partial charge on any atom is 0.335 e. The number of carboxylic acid groups (broad SMARTS) is 1. The van der Waals surface area contributed by atoms with Gasteiger partial charge >= 0.3 is 5.97 Å². The van der Waals surface area contributed by atoms with Gasteiger partial charge in [-0.15, -0.1) is 5.11 Å². The number of benzene rings is 3. The van der Waals surface area contributed by atoms with E-state index in [1.54, 1.807) is 41.2 Å². The third-order valence-electron chi connectivity index (χ3n) is 4.54. The molecule has 0 radical (unpaired) electrons. The van der Waals surface area contributed by atoms with Crippen molar-refractivity contribution in [2.45, 2.75) is 0 Å². The summed E-state index contributed by atoms with van der Waals surface area (Å²) in [4.78, 5) is 11.0. The molecule has 1 N–H and O–H groups in total. The molecular formula is C21H18N2O4P2S4. The summed E-state index contributed by atoms with van der Waals surface area (Å²) in [5.41, 5.74) is 0.617. The first-order valence-corrected chi connectivity index (χ1v) is 19.2. The lowest BCUT2D eigenvalue weighted by Crippen LogP contribution is -2.09. The van der Waals surface area contributed by atoms with Crippen molar-refractivity contribution in [3.05, 3.63) is 78.4 Å². The molecule has 6 nitrogen and oxygen atoms in total. The molecular weight excluding hydrogens is 534 g/mol. The zero-order valence-corrected chi connectivity index (χ0v) is 22.3. The van der Waals surface area contributed by atoms with Crippen LogP contribution in [0.2, 0.25) is 0 Å². The highest BCUT2D eigenvalue weighted by Gasteiger charge is 2.45. The van der Waals surface area contributed by atoms with Gasteiger partial charge < -0.3 is 14.6 Å². The van der Waals surface area contributed by atoms with E-state index in [1.807, 2.05) is 48.5 Å². The first-order valence-electron chi connectivity index (χ1n) is 9.53. The number of hydrogen-bond acceptors (Lipinski definition) is 9. The number of ether oxygens (including phenoxy) is 2. The van der Waals surface area contributed by atoms with Gasteiger partial charge in [-0.1, -0.05) is 51.7 Å². The van der Waals surface area contributed by atoms with E-state index < -0.39 is 14.9 Å². The Bertz CT molecular complexity index is 1290. The lowest BCUT2D eigenvalue weighted by atomic mass is 10.2. The number of methoxy groups -OCH3 is 1. The molecule has 4 rings (SSSR count). The topological polar surface area (TPSA) is 80.5 Å². The first-order chi connectivity index (χ1) is 15.8. The molecule has 0 spiro atoms. The normalized spacial score (nSPS) is 22.0. The summed E-state index contributed by atoms with van der Waals surface area (Å²) in [6.45, 7) is 0.0204. The largest absolute Gasteiger partial charge is 0.497 e. The van der Waals surface area contributed by atoms with E-state index in [4.69, 9.17) is 38.2 Å². The molecule has 1 fully saturated rings. The van der Waals surface area contributed by atoms with Gasteiger partial charge in [0.15, 0.2) is 6.73 Å². The molecule has 1 aliphatic heterocycles. The third-order valence-corrected chi connectivity index (χ3v) is 35.8. The van der Waals surface area contributed by atoms with Crippen LogP contribution in [0.3, 0.4) is 0 Å². The van der Waals surface area contributed by atoms with E-state index in [2.05, 4.69) is 10.2 Å². The van der Waals surface area contributed by atoms with Gasteiger partial charge in [0.05, 0.1) is 27.2 Å². The number of hydrogen-bond donors (Lipinski definition) is 1. The average Bonchev–Trinajstić information content (AvgIpc) is 2.81. The van der Waals surface area contributed by atoms with Crippen LogP contribution in [0.5, 0.6) is 11.5 Å². The zero-order valence-electron chi connectivity index (χ0n) is 17.2. The van der Waals surface area contributed by atoms with Crippen LogP contribution in [-0.4, -0.2) is 24.9 Å². The van der Waals surface area contributed by atoms with Crippen molar-refractivity contribution in [1.82, 2.24) is 0 Å². The summed E-state index contributed by atoms with van der Waals surface area (Å²) < 4.78 is 7.26. The minimum absolute atomic E-state index is 0.0204. The van der Waals surface area contributed by atoms with Gasteiger partial charge in [-0.25, -0.2) is 4.79 Å². The Morgan fingerprint density at radius 2 is 1.52 bits per heavy atom. The quantitative estimate of drug-likeness (QED) is 0.249. The van der Waals surface area contributed by atoms with Crippen LogP contribution >= 0.6 is 30.9 Å². The van der Waals surface area contributed by atoms with Crippen molar-refractivity contribution >= 4 is 76.8 Å². The van der Waals surface area contributed by atoms with Gasteiger partial charge in [-0.05, 0) is 66.7 Å². The van der Waals surface area contributed by atoms with Crippen molar-refractivity contribution in [2.24, 2.45) is 10.2 Å². The highest BCUT2D eigenvalue weighted by atomic mass is 33.7. The fraction of sp³-hybridized carbons (Fsp3) is 0.0952. The van der Waals surface area contributed by atoms with Crippen LogP contribution in [0.15, 0.2) is 83.0 Å². The predicted octanol–water partition coefficient (Wildman–Crippen LogP) is 6.56. The molecule has 0 bridgehead atoms. The lowest BCUT2D eigenvalue weighted by molar-refractivity contribution is 0.0697. The van der Waals surface area contributed by atoms with Crippen LogP contribution < -0.4 is 20.1 Å². The van der Waals surface area contributed by atoms with Gasteiger partial charge in [-0.3, -0.25) is 0 Å². The maximum atomic E-state index is 11.0. The number of aromatic carboxylic acids is 1. The van der Waals surface area contributed by atoms with Crippen molar-refractivity contribution in [3.8, 4) is 11.5 Å². The number of nitrogens with zero attached hydrogens (tertiary/aromatic N) is 2. The van der Waals surface area contributed by atoms with E-state index in [9.17, 15) is 4.79 Å². The molecule has 0 atom stereocenters. The van der Waals surface area contributed by atoms with Crippen molar-refractivity contribution in [2.75, 3.05) is 13.8 Å². The van der Waals surface area contributed by atoms with E-state index in [-0.39, 0.29) is 12.3 Å². The minimum Gasteiger partial charge on any atom is -0.497 e. The molecule has 1 saturated heterocycles. The van der Waals surface area contributed by atoms with E-state index in [0.29, 0.717) is 11.4 Å². The number of rotatable bonds is 8. The molecule has 33 heavy (non-hydrogen) atoms. The van der Waals surface area contributed by atoms with Crippen molar-refractivity contribution in [3.63, 3.8) is 0 Å². The molecule has 0 aromatic heterocycles. The van der Waals surface area contributed by atoms with Gasteiger partial charge in [0.1, 0.15) is 11.5 Å². The molecule has 3 aromatic carbocycles. The molecule has 170 valence electrons. The van der Waals surface area contributed by atoms with E-state index >= 15 is 0 Å². The molecule has 0 amide bonds. The Morgan fingerprint density at radius 3 is 2.06 bits per heavy atom. The van der Waals surface area contributed by atoms with Crippen LogP contribution in [0, 0.1) is 0 Å². The Balaban J connectivity index is 1.34. The summed E-state index contributed by atoms with van der Waals surface area (Å²) in [7, 11) is 1.65. The molecule has 0 aliphatic carbocycles. The van der Waals surface area contributed by atoms with Gasteiger partial charge in [0, 0.05) is 10.6 Å². The molecule has 3 aromatic rings. The number of azo groups is 1. The summed E-state index contributed by atoms with van der Waals surface area (Å²) in [5, 5.41) is 19.3. The lowest BCUT2D eigenvalue weighted by Gasteiger charge is -2.40. The highest BCUT2D eigenvalue weighted by molar-refractivity contribution is 9.48. The van der Waals surface area contributed by atoms with Crippen LogP contribution in [0.1, 0.15) is 10.4 Å². The molecule has 12 heteroatoms. The third kappa shape index (κ3) is 5.70. The first kappa shape index (κ1) is 24.5. The van der Waals surface area contributed by atoms with Gasteiger partial charge in [-0.2, -0.15) is 5.11 Å². The minimum atomic E-state index is -1.82. The van der Waals surface area contributed by atoms with Crippen LogP contribution in [0.25, 0.3) is 0 Å². The van der Waals surface area contributed by atoms with Crippen LogP contribution in [0.4, 0.5) is 5.69 Å². The molecule has 0 saturated carbocycles. The smallest absolute Gasteiger partial charge is 0.335 e. The second kappa shape index (κ2) is 10.3. The second-order valence-electron chi connectivity index (χ2n) is 6.72. The van der Waals surface area contributed by atoms with E-state index in [0.717, 1.165) is 16.4 Å². The highest BCUT2D eigenvalue weighted by Crippen LogP contribution is 3.04. The summed E-state index contributed by atoms with van der Waals surface area (Å²) in [6.07, 6.45) is 0. The van der Waals surface area contributed by atoms with Crippen molar-refractivity contribution < 1.29 is 19.4 Å². The number of carbonyl (C=O) groups is 1. The Hall–Kier alpha value is -1.67. The second-order valence-corrected chi connectivity index (χ2v) is 28.0. The summed E-state index contributed by atoms with van der Waals surface area (Å²) in [6, 6.07) is 22.0. The van der Waals surface area contributed by atoms with E-state index in [1.165, 1.54) is 12.1 Å². The van der Waals surface area contributed by atoms with Gasteiger partial charge in [0.2, 0.25) is 0 Å². The standard InChI is InChI=1S/C21H18N2O4P2S4/c1-26-17-5-9-19(10-6-17)28(30)32-29(31,33-28)20-11-7-18(8-12-20)27-14-22-23-16-4-2-3-15(13-16)21(24)25/h2-13H,14H2,1H3,(H,24,25)/b23-22+. The molecule has 1 heterocycles. The fourth-order valence-electron chi connectivity index (χ4n) is 2.88. The van der Waals surface area contributed by atoms with Gasteiger partial charge in [0.25, 0.3) is 0 Å². The summed E-state index contributed by atoms with van der Waals surface area (Å²) >= 11 is 15.5. The van der Waals surface area contributed by atoms with Crippen molar-refractivity contribution in [1.29, 1.82) is 0 Å². The zero-order chi connectivity index (χ0) is 23.5. The average molecular weight is 553 g/mol. The van der Waals surface area contributed by atoms with Crippen LogP contribution in [-0.2, 0) is 23.6 Å². The monoisotopic (exact) mass is 552 g/mol. The SMILES string of the molecule is COc1ccc(P2(=S)SP(=S)(c3ccc(OC/N=N/c4cccc(C(=O)O)c4)cc3)S2)cc1. The molecule has 1 aliphatic rings. The maximum absolute atomic E-state index is 11.0. The molecule has 0 unspecified atom stereocenters. The number of carboxylic acids is 1. The Kier molecular flexibility index (Phi) is 7.63. The Labute approximate surface area is 209 Å².